The van der Waals surface area contributed by atoms with Crippen molar-refractivity contribution in [3.8, 4) is 17.1 Å². The molecule has 2 atom stereocenters. The first-order chi connectivity index (χ1) is 18.5. The summed E-state index contributed by atoms with van der Waals surface area (Å²) in [5.41, 5.74) is 11.9. The number of hydrogen-bond donors (Lipinski definition) is 3. The van der Waals surface area contributed by atoms with Crippen molar-refractivity contribution in [3.05, 3.63) is 69.3 Å². The van der Waals surface area contributed by atoms with Crippen molar-refractivity contribution < 1.29 is 14.6 Å². The number of pyridine rings is 1. The molecule has 0 saturated carbocycles. The Morgan fingerprint density at radius 3 is 2.69 bits per heavy atom. The van der Waals surface area contributed by atoms with Crippen LogP contribution in [0.4, 0.5) is 5.82 Å². The van der Waals surface area contributed by atoms with E-state index in [1.807, 2.05) is 20.0 Å². The summed E-state index contributed by atoms with van der Waals surface area (Å²) >= 11 is 6.65. The molecule has 39 heavy (non-hydrogen) atoms. The number of Topliss-reactive ketones (excluding diaryl/α,β-unsaturated/α-hetero) is 1. The van der Waals surface area contributed by atoms with E-state index < -0.39 is 6.10 Å². The Bertz CT molecular complexity index is 1440. The van der Waals surface area contributed by atoms with E-state index >= 15 is 0 Å². The Morgan fingerprint density at radius 2 is 2.03 bits per heavy atom. The lowest BCUT2D eigenvalue weighted by molar-refractivity contribution is -0.111. The third kappa shape index (κ3) is 5.90. The van der Waals surface area contributed by atoms with Gasteiger partial charge in [0.05, 0.1) is 22.3 Å². The number of halogens is 1. The number of aliphatic hydroxyl groups is 1. The molecular weight excluding hydrogens is 516 g/mol. The molecule has 1 aromatic carbocycles. The minimum atomic E-state index is -0.671. The molecule has 4 N–H and O–H groups in total. The second kappa shape index (κ2) is 11.7. The predicted octanol–water partition coefficient (Wildman–Crippen LogP) is 4.13. The van der Waals surface area contributed by atoms with Crippen molar-refractivity contribution in [3.63, 3.8) is 0 Å². The average molecular weight is 551 g/mol. The summed E-state index contributed by atoms with van der Waals surface area (Å²) in [6, 6.07) is 7.31. The van der Waals surface area contributed by atoms with E-state index in [9.17, 15) is 9.90 Å². The van der Waals surface area contributed by atoms with Gasteiger partial charge < -0.3 is 25.8 Å². The summed E-state index contributed by atoms with van der Waals surface area (Å²) in [7, 11) is 1.76. The number of nitrogens with one attached hydrogen (secondary N) is 1. The summed E-state index contributed by atoms with van der Waals surface area (Å²) in [4.78, 5) is 29.2. The number of carbonyl (C=O) groups excluding carboxylic acids is 1. The van der Waals surface area contributed by atoms with Crippen LogP contribution in [-0.4, -0.2) is 52.1 Å². The maximum absolute atomic E-state index is 12.7. The van der Waals surface area contributed by atoms with Crippen LogP contribution in [0.5, 0.6) is 5.75 Å². The predicted molar refractivity (Wildman–Crippen MR) is 154 cm³/mol. The molecule has 4 rings (SSSR count). The largest absolute Gasteiger partial charge is 0.491 e. The number of ether oxygens (including phenoxy) is 1. The highest BCUT2D eigenvalue weighted by atomic mass is 35.5. The number of nitrogens with two attached hydrogens (primary N) is 1. The van der Waals surface area contributed by atoms with E-state index in [0.717, 1.165) is 16.8 Å². The van der Waals surface area contributed by atoms with Gasteiger partial charge in [-0.3, -0.25) is 9.78 Å². The van der Waals surface area contributed by atoms with Gasteiger partial charge in [-0.1, -0.05) is 11.6 Å². The number of carbonyl (C=O) groups is 1. The molecule has 1 aliphatic heterocycles. The summed E-state index contributed by atoms with van der Waals surface area (Å²) in [6.45, 7) is 10.3. The fourth-order valence-corrected chi connectivity index (χ4v) is 5.11. The zero-order valence-corrected chi connectivity index (χ0v) is 23.9. The highest BCUT2D eigenvalue weighted by Crippen LogP contribution is 2.41. The quantitative estimate of drug-likeness (QED) is 0.337. The Morgan fingerprint density at radius 1 is 1.28 bits per heavy atom. The molecule has 0 fully saturated rings. The fraction of sp³-hybridized carbons (Fsp3) is 0.379. The third-order valence-corrected chi connectivity index (χ3v) is 7.18. The number of aromatic nitrogens is 3. The monoisotopic (exact) mass is 550 g/mol. The van der Waals surface area contributed by atoms with Crippen molar-refractivity contribution in [2.24, 2.45) is 5.73 Å². The van der Waals surface area contributed by atoms with Gasteiger partial charge in [-0.05, 0) is 77.1 Å². The number of rotatable bonds is 9. The maximum atomic E-state index is 12.7. The van der Waals surface area contributed by atoms with Gasteiger partial charge in [0.2, 0.25) is 0 Å². The molecule has 206 valence electrons. The molecule has 2 aromatic heterocycles. The van der Waals surface area contributed by atoms with E-state index in [2.05, 4.69) is 28.2 Å². The summed E-state index contributed by atoms with van der Waals surface area (Å²) in [5, 5.41) is 13.4. The molecule has 0 aliphatic carbocycles. The zero-order chi connectivity index (χ0) is 28.4. The molecule has 0 spiro atoms. The number of hydrogen-bond acceptors (Lipinski definition) is 9. The van der Waals surface area contributed by atoms with Gasteiger partial charge in [-0.2, -0.15) is 0 Å². The molecular formula is C29H35ClN6O3. The number of nitrogens with zero attached hydrogens (tertiary/aromatic N) is 4. The van der Waals surface area contributed by atoms with Crippen LogP contribution in [0.3, 0.4) is 0 Å². The van der Waals surface area contributed by atoms with Crippen LogP contribution in [0.15, 0.2) is 36.2 Å². The first kappa shape index (κ1) is 28.5. The van der Waals surface area contributed by atoms with E-state index in [1.165, 1.54) is 12.5 Å². The third-order valence-electron chi connectivity index (χ3n) is 6.85. The van der Waals surface area contributed by atoms with Gasteiger partial charge in [0, 0.05) is 41.8 Å². The molecule has 0 bridgehead atoms. The zero-order valence-electron chi connectivity index (χ0n) is 23.2. The van der Waals surface area contributed by atoms with Crippen molar-refractivity contribution in [1.29, 1.82) is 0 Å². The van der Waals surface area contributed by atoms with E-state index in [-0.39, 0.29) is 18.4 Å². The maximum Gasteiger partial charge on any atom is 0.163 e. The van der Waals surface area contributed by atoms with Gasteiger partial charge in [0.1, 0.15) is 24.3 Å². The molecule has 3 heterocycles. The average Bonchev–Trinajstić information content (AvgIpc) is 3.20. The number of ketones is 1. The lowest BCUT2D eigenvalue weighted by atomic mass is 10.0. The Balaban J connectivity index is 1.86. The van der Waals surface area contributed by atoms with E-state index in [1.54, 1.807) is 32.2 Å². The van der Waals surface area contributed by atoms with Gasteiger partial charge in [-0.25, -0.2) is 9.97 Å². The van der Waals surface area contributed by atoms with E-state index in [0.29, 0.717) is 58.0 Å². The van der Waals surface area contributed by atoms with Crippen LogP contribution in [0.1, 0.15) is 54.9 Å². The number of benzene rings is 1. The number of likely N-dealkylation sites (N-methyl/N-ethyl adjacent to an activating group) is 1. The number of aryl methyl sites for hydroxylation is 1. The molecule has 1 aliphatic rings. The van der Waals surface area contributed by atoms with Crippen LogP contribution in [0, 0.1) is 13.8 Å². The van der Waals surface area contributed by atoms with E-state index in [4.69, 9.17) is 32.0 Å². The van der Waals surface area contributed by atoms with Gasteiger partial charge in [-0.15, -0.1) is 0 Å². The molecule has 9 nitrogen and oxygen atoms in total. The fourth-order valence-electron chi connectivity index (χ4n) is 4.91. The van der Waals surface area contributed by atoms with Crippen molar-refractivity contribution in [2.75, 3.05) is 25.1 Å². The number of allylic oxidation sites excluding steroid dienone is 2. The second-order valence-electron chi connectivity index (χ2n) is 9.95. The summed E-state index contributed by atoms with van der Waals surface area (Å²) in [5.74, 6) is 1.35. The van der Waals surface area contributed by atoms with Crippen molar-refractivity contribution in [2.45, 2.75) is 53.3 Å². The first-order valence-electron chi connectivity index (χ1n) is 12.9. The normalized spacial score (nSPS) is 16.1. The topological polar surface area (TPSA) is 126 Å². The van der Waals surface area contributed by atoms with Gasteiger partial charge in [0.15, 0.2) is 11.6 Å². The summed E-state index contributed by atoms with van der Waals surface area (Å²) < 4.78 is 5.81. The van der Waals surface area contributed by atoms with Gasteiger partial charge in [0.25, 0.3) is 0 Å². The molecule has 0 radical (unpaired) electrons. The molecule has 0 saturated heterocycles. The van der Waals surface area contributed by atoms with Crippen molar-refractivity contribution >= 4 is 28.8 Å². The Kier molecular flexibility index (Phi) is 8.54. The van der Waals surface area contributed by atoms with Crippen LogP contribution >= 0.6 is 11.6 Å². The first-order valence-corrected chi connectivity index (χ1v) is 13.2. The minimum absolute atomic E-state index is 0.0264. The van der Waals surface area contributed by atoms with Crippen LogP contribution in [0.25, 0.3) is 17.0 Å². The molecule has 10 heteroatoms. The molecule has 3 aromatic rings. The highest BCUT2D eigenvalue weighted by molar-refractivity contribution is 6.33. The van der Waals surface area contributed by atoms with Crippen molar-refractivity contribution in [1.82, 2.24) is 20.3 Å². The lowest BCUT2D eigenvalue weighted by Gasteiger charge is -2.27. The standard InChI is InChI=1S/C29H35ClN6O3/c1-15-9-23-18(4)36(13-20(23)11-33-15)29-16(2)27(26(17(3)31)19(5)37)34-28(35-29)24-10-22(7-8-25(24)30)39-14-21(38)12-32-6/h7-11,18,21,32,38H,12-14,31H2,1-6H3/t18-,21+/m0/s1. The number of fused-ring (bicyclic) bond motifs is 1. The highest BCUT2D eigenvalue weighted by Gasteiger charge is 2.32. The van der Waals surface area contributed by atoms with Gasteiger partial charge >= 0.3 is 0 Å². The Hall–Kier alpha value is -3.53. The van der Waals surface area contributed by atoms with Crippen LogP contribution in [0.2, 0.25) is 5.02 Å². The van der Waals surface area contributed by atoms with Crippen LogP contribution in [-0.2, 0) is 11.3 Å². The lowest BCUT2D eigenvalue weighted by Crippen LogP contribution is -2.29. The minimum Gasteiger partial charge on any atom is -0.491 e. The van der Waals surface area contributed by atoms with Crippen LogP contribution < -0.4 is 20.7 Å². The Labute approximate surface area is 234 Å². The summed E-state index contributed by atoms with van der Waals surface area (Å²) in [6.07, 6.45) is 1.24. The second-order valence-corrected chi connectivity index (χ2v) is 10.4. The smallest absolute Gasteiger partial charge is 0.163 e. The molecule has 0 unspecified atom stereocenters. The number of anilines is 1. The number of aliphatic hydroxyl groups excluding tert-OH is 1. The molecule has 0 amide bonds. The SMILES string of the molecule is CNC[C@@H](O)COc1ccc(Cl)c(-c2nc(C(C(C)=O)=C(C)N)c(C)c(N3Cc4cnc(C)cc4[C@@H]3C)n2)c1.